The molecule has 1 aliphatic rings. The molecule has 5 rings (SSSR count). The number of hydrogen-bond donors (Lipinski definition) is 1. The molecule has 0 radical (unpaired) electrons. The van der Waals surface area contributed by atoms with E-state index in [0.717, 1.165) is 54.1 Å². The fourth-order valence-corrected chi connectivity index (χ4v) is 4.75. The number of fused-ring (bicyclic) bond motifs is 1. The van der Waals surface area contributed by atoms with Gasteiger partial charge in [0.2, 0.25) is 5.91 Å². The fourth-order valence-electron chi connectivity index (χ4n) is 4.34. The lowest BCUT2D eigenvalue weighted by Gasteiger charge is -2.32. The highest BCUT2D eigenvalue weighted by Crippen LogP contribution is 2.28. The van der Waals surface area contributed by atoms with Crippen LogP contribution in [0.4, 0.5) is 10.2 Å². The van der Waals surface area contributed by atoms with Gasteiger partial charge in [-0.2, -0.15) is 5.10 Å². The Bertz CT molecular complexity index is 1280. The lowest BCUT2D eigenvalue weighted by molar-refractivity contribution is -0.125. The van der Waals surface area contributed by atoms with E-state index in [1.807, 2.05) is 16.8 Å². The van der Waals surface area contributed by atoms with Crippen LogP contribution in [-0.2, 0) is 11.3 Å². The first kappa shape index (κ1) is 22.4. The Morgan fingerprint density at radius 3 is 2.56 bits per heavy atom. The molecule has 174 valence electrons. The number of carbonyl (C=O) groups is 1. The van der Waals surface area contributed by atoms with Crippen molar-refractivity contribution in [3.05, 3.63) is 78.4 Å². The molecule has 0 saturated carbocycles. The maximum atomic E-state index is 13.3. The molecule has 0 aliphatic carbocycles. The van der Waals surface area contributed by atoms with Gasteiger partial charge in [-0.05, 0) is 67.1 Å². The first-order valence-corrected chi connectivity index (χ1v) is 12.6. The molecule has 4 aromatic rings. The second-order valence-corrected chi connectivity index (χ2v) is 9.32. The van der Waals surface area contributed by atoms with E-state index in [1.54, 1.807) is 30.1 Å². The van der Waals surface area contributed by atoms with Crippen molar-refractivity contribution < 1.29 is 9.18 Å². The SMILES string of the molecule is CSc1ccc(CNC(=O)C2CCN(c3nccn4nc(-c5ccc(F)cc5)cc34)CC2)cc1. The monoisotopic (exact) mass is 475 g/mol. The summed E-state index contributed by atoms with van der Waals surface area (Å²) in [4.78, 5) is 20.8. The lowest BCUT2D eigenvalue weighted by Crippen LogP contribution is -2.40. The van der Waals surface area contributed by atoms with Gasteiger partial charge >= 0.3 is 0 Å². The number of carbonyl (C=O) groups excluding carboxylic acids is 1. The summed E-state index contributed by atoms with van der Waals surface area (Å²) < 4.78 is 15.1. The summed E-state index contributed by atoms with van der Waals surface area (Å²) in [6.07, 6.45) is 7.16. The van der Waals surface area contributed by atoms with Crippen molar-refractivity contribution >= 4 is 29.0 Å². The zero-order valence-electron chi connectivity index (χ0n) is 18.9. The minimum absolute atomic E-state index is 0.00106. The normalized spacial score (nSPS) is 14.5. The number of nitrogens with one attached hydrogen (secondary N) is 1. The molecule has 0 unspecified atom stereocenters. The second-order valence-electron chi connectivity index (χ2n) is 8.44. The number of anilines is 1. The van der Waals surface area contributed by atoms with Gasteiger partial charge in [0.25, 0.3) is 0 Å². The highest BCUT2D eigenvalue weighted by Gasteiger charge is 2.26. The topological polar surface area (TPSA) is 62.5 Å². The molecule has 3 heterocycles. The van der Waals surface area contributed by atoms with Gasteiger partial charge in [-0.25, -0.2) is 13.9 Å². The molecular formula is C26H26FN5OS. The minimum atomic E-state index is -0.268. The molecule has 0 bridgehead atoms. The highest BCUT2D eigenvalue weighted by molar-refractivity contribution is 7.98. The zero-order chi connectivity index (χ0) is 23.5. The van der Waals surface area contributed by atoms with Crippen LogP contribution in [0.3, 0.4) is 0 Å². The summed E-state index contributed by atoms with van der Waals surface area (Å²) in [5.74, 6) is 0.704. The molecule has 2 aromatic heterocycles. The number of benzene rings is 2. The molecular weight excluding hydrogens is 449 g/mol. The van der Waals surface area contributed by atoms with Crippen molar-refractivity contribution in [1.29, 1.82) is 0 Å². The molecule has 0 atom stereocenters. The van der Waals surface area contributed by atoms with Crippen molar-refractivity contribution in [2.24, 2.45) is 5.92 Å². The summed E-state index contributed by atoms with van der Waals surface area (Å²) in [6, 6.07) is 16.6. The van der Waals surface area contributed by atoms with Crippen molar-refractivity contribution in [2.45, 2.75) is 24.3 Å². The Labute approximate surface area is 202 Å². The molecule has 1 saturated heterocycles. The molecule has 1 amide bonds. The van der Waals surface area contributed by atoms with E-state index >= 15 is 0 Å². The molecule has 2 aromatic carbocycles. The predicted octanol–water partition coefficient (Wildman–Crippen LogP) is 4.79. The number of rotatable bonds is 6. The first-order valence-electron chi connectivity index (χ1n) is 11.4. The van der Waals surface area contributed by atoms with E-state index in [2.05, 4.69) is 50.8 Å². The third-order valence-corrected chi connectivity index (χ3v) is 7.04. The van der Waals surface area contributed by atoms with Crippen molar-refractivity contribution in [3.63, 3.8) is 0 Å². The number of aromatic nitrogens is 3. The van der Waals surface area contributed by atoms with Crippen LogP contribution in [0.25, 0.3) is 16.8 Å². The average molecular weight is 476 g/mol. The summed E-state index contributed by atoms with van der Waals surface area (Å²) in [5, 5.41) is 7.73. The standard InChI is InChI=1S/C26H26FN5OS/c1-34-22-8-2-18(3-9-22)17-29-26(33)20-10-13-31(14-11-20)25-24-16-23(30-32(24)15-12-28-25)19-4-6-21(27)7-5-19/h2-9,12,15-16,20H,10-11,13-14,17H2,1H3,(H,29,33). The number of piperidine rings is 1. The maximum absolute atomic E-state index is 13.3. The Hall–Kier alpha value is -3.39. The quantitative estimate of drug-likeness (QED) is 0.406. The average Bonchev–Trinajstić information content (AvgIpc) is 3.32. The van der Waals surface area contributed by atoms with Gasteiger partial charge in [0, 0.05) is 48.4 Å². The van der Waals surface area contributed by atoms with Gasteiger partial charge in [-0.3, -0.25) is 4.79 Å². The van der Waals surface area contributed by atoms with Gasteiger partial charge in [-0.15, -0.1) is 11.8 Å². The number of nitrogens with zero attached hydrogens (tertiary/aromatic N) is 4. The molecule has 6 nitrogen and oxygen atoms in total. The smallest absolute Gasteiger partial charge is 0.223 e. The zero-order valence-corrected chi connectivity index (χ0v) is 19.8. The van der Waals surface area contributed by atoms with Crippen LogP contribution < -0.4 is 10.2 Å². The Morgan fingerprint density at radius 1 is 1.12 bits per heavy atom. The highest BCUT2D eigenvalue weighted by atomic mass is 32.2. The maximum Gasteiger partial charge on any atom is 0.223 e. The Balaban J connectivity index is 1.23. The predicted molar refractivity (Wildman–Crippen MR) is 133 cm³/mol. The van der Waals surface area contributed by atoms with Crippen molar-refractivity contribution in [1.82, 2.24) is 19.9 Å². The van der Waals surface area contributed by atoms with Crippen LogP contribution in [-0.4, -0.2) is 39.9 Å². The van der Waals surface area contributed by atoms with E-state index in [1.165, 1.54) is 17.0 Å². The molecule has 0 spiro atoms. The summed E-state index contributed by atoms with van der Waals surface area (Å²) in [7, 11) is 0. The summed E-state index contributed by atoms with van der Waals surface area (Å²) in [6.45, 7) is 2.06. The van der Waals surface area contributed by atoms with Crippen LogP contribution >= 0.6 is 11.8 Å². The number of amides is 1. The van der Waals surface area contributed by atoms with Crippen molar-refractivity contribution in [2.75, 3.05) is 24.2 Å². The van der Waals surface area contributed by atoms with Gasteiger partial charge in [0.15, 0.2) is 5.82 Å². The Morgan fingerprint density at radius 2 is 1.85 bits per heavy atom. The molecule has 1 fully saturated rings. The van der Waals surface area contributed by atoms with Gasteiger partial charge in [0.05, 0.1) is 5.69 Å². The third kappa shape index (κ3) is 4.77. The van der Waals surface area contributed by atoms with E-state index in [4.69, 9.17) is 0 Å². The molecule has 34 heavy (non-hydrogen) atoms. The Kier molecular flexibility index (Phi) is 6.49. The largest absolute Gasteiger partial charge is 0.355 e. The molecule has 8 heteroatoms. The van der Waals surface area contributed by atoms with E-state index in [0.29, 0.717) is 6.54 Å². The summed E-state index contributed by atoms with van der Waals surface area (Å²) >= 11 is 1.71. The number of hydrogen-bond acceptors (Lipinski definition) is 5. The van der Waals surface area contributed by atoms with Gasteiger partial charge in [-0.1, -0.05) is 12.1 Å². The van der Waals surface area contributed by atoms with E-state index < -0.39 is 0 Å². The second kappa shape index (κ2) is 9.85. The number of thioether (sulfide) groups is 1. The third-order valence-electron chi connectivity index (χ3n) is 6.30. The molecule has 1 N–H and O–H groups in total. The van der Waals surface area contributed by atoms with Crippen LogP contribution in [0, 0.1) is 11.7 Å². The fraction of sp³-hybridized carbons (Fsp3) is 0.269. The van der Waals surface area contributed by atoms with Crippen LogP contribution in [0.15, 0.2) is 71.9 Å². The van der Waals surface area contributed by atoms with Gasteiger partial charge in [0.1, 0.15) is 11.3 Å². The van der Waals surface area contributed by atoms with Crippen LogP contribution in [0.5, 0.6) is 0 Å². The summed E-state index contributed by atoms with van der Waals surface area (Å²) in [5.41, 5.74) is 3.64. The van der Waals surface area contributed by atoms with E-state index in [-0.39, 0.29) is 17.6 Å². The van der Waals surface area contributed by atoms with Crippen LogP contribution in [0.2, 0.25) is 0 Å². The molecule has 1 aliphatic heterocycles. The first-order chi connectivity index (χ1) is 16.6. The van der Waals surface area contributed by atoms with Crippen molar-refractivity contribution in [3.8, 4) is 11.3 Å². The minimum Gasteiger partial charge on any atom is -0.355 e. The lowest BCUT2D eigenvalue weighted by atomic mass is 9.95. The van der Waals surface area contributed by atoms with Gasteiger partial charge < -0.3 is 10.2 Å². The van der Waals surface area contributed by atoms with E-state index in [9.17, 15) is 9.18 Å². The number of halogens is 1. The van der Waals surface area contributed by atoms with Crippen LogP contribution in [0.1, 0.15) is 18.4 Å².